The van der Waals surface area contributed by atoms with Gasteiger partial charge in [-0.25, -0.2) is 4.98 Å². The molecule has 1 atom stereocenters. The number of nitrogens with zero attached hydrogens (tertiary/aromatic N) is 1. The summed E-state index contributed by atoms with van der Waals surface area (Å²) in [6, 6.07) is 20.4. The van der Waals surface area contributed by atoms with Crippen molar-refractivity contribution in [1.29, 1.82) is 0 Å². The van der Waals surface area contributed by atoms with Gasteiger partial charge in [-0.2, -0.15) is 0 Å². The molecule has 0 saturated heterocycles. The van der Waals surface area contributed by atoms with Gasteiger partial charge in [0.15, 0.2) is 11.4 Å². The van der Waals surface area contributed by atoms with Gasteiger partial charge in [-0.3, -0.25) is 14.4 Å². The maximum absolute atomic E-state index is 12.2. The van der Waals surface area contributed by atoms with Gasteiger partial charge >= 0.3 is 11.9 Å². The summed E-state index contributed by atoms with van der Waals surface area (Å²) in [6.45, 7) is 12.8. The molecule has 0 fully saturated rings. The van der Waals surface area contributed by atoms with Crippen LogP contribution in [-0.4, -0.2) is 47.7 Å². The topological polar surface area (TPSA) is 124 Å². The Labute approximate surface area is 244 Å². The Morgan fingerprint density at radius 3 is 2.05 bits per heavy atom. The number of pyridine rings is 1. The fraction of sp³-hybridized carbons (Fsp3) is 0.312. The molecule has 41 heavy (non-hydrogen) atoms. The number of methoxy groups -OCH3 is 1. The van der Waals surface area contributed by atoms with E-state index >= 15 is 0 Å². The van der Waals surface area contributed by atoms with E-state index in [9.17, 15) is 14.4 Å². The van der Waals surface area contributed by atoms with Crippen molar-refractivity contribution in [1.82, 2.24) is 10.3 Å². The first kappa shape index (κ1) is 36.3. The van der Waals surface area contributed by atoms with Crippen molar-refractivity contribution in [3.05, 3.63) is 97.3 Å². The van der Waals surface area contributed by atoms with Crippen LogP contribution in [0.1, 0.15) is 57.5 Å². The van der Waals surface area contributed by atoms with Gasteiger partial charge in [0, 0.05) is 20.6 Å². The van der Waals surface area contributed by atoms with Crippen LogP contribution in [0.4, 0.5) is 0 Å². The van der Waals surface area contributed by atoms with Crippen LogP contribution >= 0.6 is 0 Å². The molecule has 9 nitrogen and oxygen atoms in total. The fourth-order valence-corrected chi connectivity index (χ4v) is 3.01. The largest absolute Gasteiger partial charge is 0.508 e. The maximum Gasteiger partial charge on any atom is 0.325 e. The second-order valence-electron chi connectivity index (χ2n) is 8.40. The zero-order valence-corrected chi connectivity index (χ0v) is 24.6. The minimum absolute atomic E-state index is 0. The van der Waals surface area contributed by atoms with E-state index in [0.29, 0.717) is 5.75 Å². The SMILES string of the molecule is C=C.CCCC[C@H](C)OC(=O)CNC(=O)c1nccc(OC)c1OC(C)=O.Cc1ccccc1.Oc1ccccc1.[HH]. The molecule has 0 saturated carbocycles. The van der Waals surface area contributed by atoms with Crippen LogP contribution in [0, 0.1) is 6.92 Å². The lowest BCUT2D eigenvalue weighted by Crippen LogP contribution is -2.33. The normalized spacial score (nSPS) is 9.98. The standard InChI is InChI=1S/C17H24N2O6.C7H8.C6H6O.C2H4.H2/c1-5-6-7-11(2)24-14(21)10-19-17(22)15-16(25-12(3)20)13(23-4)8-9-18-15;1-7-5-3-2-4-6-7;7-6-4-2-1-3-5-6;1-2;/h8-9,11H,5-7,10H2,1-4H3,(H,19,22);2-6H,1H3;1-5,7H;1-2H2;1H/t11-;;;;/m0..../s1. The predicted octanol–water partition coefficient (Wildman–Crippen LogP) is 6.30. The third kappa shape index (κ3) is 16.8. The van der Waals surface area contributed by atoms with E-state index in [4.69, 9.17) is 19.3 Å². The number of amides is 1. The zero-order chi connectivity index (χ0) is 31.0. The quantitative estimate of drug-likeness (QED) is 0.228. The van der Waals surface area contributed by atoms with E-state index in [-0.39, 0.29) is 31.3 Å². The highest BCUT2D eigenvalue weighted by atomic mass is 16.6. The summed E-state index contributed by atoms with van der Waals surface area (Å²) in [7, 11) is 1.37. The van der Waals surface area contributed by atoms with Crippen LogP contribution in [0.15, 0.2) is 86.1 Å². The molecule has 0 aliphatic heterocycles. The summed E-state index contributed by atoms with van der Waals surface area (Å²) in [5.74, 6) is -1.43. The summed E-state index contributed by atoms with van der Waals surface area (Å²) < 4.78 is 15.3. The molecule has 2 aromatic carbocycles. The van der Waals surface area contributed by atoms with Gasteiger partial charge in [0.2, 0.25) is 5.75 Å². The number of unbranched alkanes of at least 4 members (excludes halogenated alkanes) is 1. The maximum atomic E-state index is 12.2. The Morgan fingerprint density at radius 1 is 1.02 bits per heavy atom. The summed E-state index contributed by atoms with van der Waals surface area (Å²) in [4.78, 5) is 39.1. The van der Waals surface area contributed by atoms with Gasteiger partial charge in [-0.15, -0.1) is 13.2 Å². The monoisotopic (exact) mass is 568 g/mol. The molecule has 0 aliphatic carbocycles. The van der Waals surface area contributed by atoms with Gasteiger partial charge in [0.1, 0.15) is 12.3 Å². The van der Waals surface area contributed by atoms with Crippen LogP contribution in [0.5, 0.6) is 17.2 Å². The summed E-state index contributed by atoms with van der Waals surface area (Å²) in [6.07, 6.45) is 3.87. The van der Waals surface area contributed by atoms with Crippen molar-refractivity contribution in [3.63, 3.8) is 0 Å². The first-order valence-electron chi connectivity index (χ1n) is 13.1. The van der Waals surface area contributed by atoms with Crippen molar-refractivity contribution >= 4 is 17.8 Å². The number of ether oxygens (including phenoxy) is 3. The Balaban J connectivity index is 0. The van der Waals surface area contributed by atoms with E-state index in [2.05, 4.69) is 49.4 Å². The minimum Gasteiger partial charge on any atom is -0.508 e. The van der Waals surface area contributed by atoms with E-state index in [1.54, 1.807) is 31.2 Å². The lowest BCUT2D eigenvalue weighted by Gasteiger charge is -2.14. The van der Waals surface area contributed by atoms with Gasteiger partial charge in [0.25, 0.3) is 5.91 Å². The number of carbonyl (C=O) groups is 3. The number of aromatic nitrogens is 1. The van der Waals surface area contributed by atoms with Crippen LogP contribution in [0.2, 0.25) is 0 Å². The van der Waals surface area contributed by atoms with Crippen molar-refractivity contribution in [2.45, 2.75) is 53.1 Å². The van der Waals surface area contributed by atoms with Gasteiger partial charge in [0.05, 0.1) is 13.2 Å². The van der Waals surface area contributed by atoms with Crippen LogP contribution in [-0.2, 0) is 14.3 Å². The van der Waals surface area contributed by atoms with Gasteiger partial charge < -0.3 is 24.6 Å². The Morgan fingerprint density at radius 2 is 1.61 bits per heavy atom. The molecule has 0 aliphatic rings. The third-order valence-corrected chi connectivity index (χ3v) is 4.94. The number of rotatable bonds is 9. The average Bonchev–Trinajstić information content (AvgIpc) is 2.97. The van der Waals surface area contributed by atoms with E-state index in [1.807, 2.05) is 24.3 Å². The first-order valence-corrected chi connectivity index (χ1v) is 13.1. The molecule has 2 N–H and O–H groups in total. The van der Waals surface area contributed by atoms with Crippen LogP contribution in [0.3, 0.4) is 0 Å². The smallest absolute Gasteiger partial charge is 0.325 e. The molecular formula is C32H44N2O7. The molecular weight excluding hydrogens is 524 g/mol. The van der Waals surface area contributed by atoms with Crippen molar-refractivity contribution in [2.75, 3.05) is 13.7 Å². The second kappa shape index (κ2) is 22.2. The molecule has 224 valence electrons. The highest BCUT2D eigenvalue weighted by Crippen LogP contribution is 2.29. The predicted molar refractivity (Wildman–Crippen MR) is 162 cm³/mol. The minimum atomic E-state index is -0.673. The molecule has 3 aromatic rings. The lowest BCUT2D eigenvalue weighted by atomic mass is 10.2. The summed E-state index contributed by atoms with van der Waals surface area (Å²) >= 11 is 0. The molecule has 0 radical (unpaired) electrons. The highest BCUT2D eigenvalue weighted by Gasteiger charge is 2.21. The number of phenolic OH excluding ortho intramolecular Hbond substituents is 1. The van der Waals surface area contributed by atoms with E-state index < -0.39 is 17.8 Å². The number of nitrogens with one attached hydrogen (secondary N) is 1. The number of aromatic hydroxyl groups is 1. The molecule has 0 unspecified atom stereocenters. The van der Waals surface area contributed by atoms with E-state index in [0.717, 1.165) is 19.3 Å². The number of aryl methyl sites for hydroxylation is 1. The number of esters is 2. The molecule has 1 heterocycles. The number of benzene rings is 2. The Kier molecular flexibility index (Phi) is 19.7. The number of carbonyl (C=O) groups excluding carboxylic acids is 3. The van der Waals surface area contributed by atoms with E-state index in [1.165, 1.54) is 31.9 Å². The van der Waals surface area contributed by atoms with Crippen LogP contribution in [0.25, 0.3) is 0 Å². The Bertz CT molecular complexity index is 1120. The zero-order valence-electron chi connectivity index (χ0n) is 24.6. The number of phenols is 1. The number of para-hydroxylation sites is 1. The third-order valence-electron chi connectivity index (χ3n) is 4.94. The molecule has 1 aromatic heterocycles. The molecule has 0 bridgehead atoms. The molecule has 1 amide bonds. The van der Waals surface area contributed by atoms with Gasteiger partial charge in [-0.1, -0.05) is 73.9 Å². The van der Waals surface area contributed by atoms with Crippen molar-refractivity contribution in [2.24, 2.45) is 0 Å². The van der Waals surface area contributed by atoms with Crippen molar-refractivity contribution < 1.29 is 35.1 Å². The van der Waals surface area contributed by atoms with Crippen LogP contribution < -0.4 is 14.8 Å². The lowest BCUT2D eigenvalue weighted by molar-refractivity contribution is -0.147. The molecule has 9 heteroatoms. The fourth-order valence-electron chi connectivity index (χ4n) is 3.01. The number of hydrogen-bond donors (Lipinski definition) is 2. The first-order chi connectivity index (χ1) is 19.7. The second-order valence-corrected chi connectivity index (χ2v) is 8.40. The highest BCUT2D eigenvalue weighted by molar-refractivity contribution is 5.98. The summed E-state index contributed by atoms with van der Waals surface area (Å²) in [5, 5.41) is 11.0. The number of hydrogen-bond acceptors (Lipinski definition) is 8. The molecule has 3 rings (SSSR count). The Hall–Kier alpha value is -4.66. The van der Waals surface area contributed by atoms with Crippen molar-refractivity contribution in [3.8, 4) is 17.2 Å². The average molecular weight is 569 g/mol. The summed E-state index contributed by atoms with van der Waals surface area (Å²) in [5.41, 5.74) is 1.17. The van der Waals surface area contributed by atoms with Gasteiger partial charge in [-0.05, 0) is 32.4 Å². The molecule has 0 spiro atoms.